The monoisotopic (exact) mass is 295 g/mol. The zero-order valence-electron chi connectivity index (χ0n) is 12.4. The van der Waals surface area contributed by atoms with Gasteiger partial charge in [-0.15, -0.1) is 0 Å². The smallest absolute Gasteiger partial charge is 0.256 e. The molecule has 20 heavy (non-hydrogen) atoms. The molecule has 110 valence electrons. The summed E-state index contributed by atoms with van der Waals surface area (Å²) in [4.78, 5) is 14.1. The maximum Gasteiger partial charge on any atom is 0.256 e. The second-order valence-electron chi connectivity index (χ2n) is 6.18. The van der Waals surface area contributed by atoms with Crippen LogP contribution in [0, 0.1) is 0 Å². The Morgan fingerprint density at radius 1 is 1.55 bits per heavy atom. The van der Waals surface area contributed by atoms with Crippen molar-refractivity contribution in [3.05, 3.63) is 28.8 Å². The third-order valence-electron chi connectivity index (χ3n) is 4.15. The number of rotatable bonds is 2. The van der Waals surface area contributed by atoms with Crippen LogP contribution in [0.3, 0.4) is 0 Å². The Morgan fingerprint density at radius 3 is 2.80 bits per heavy atom. The van der Waals surface area contributed by atoms with Gasteiger partial charge in [0.05, 0.1) is 0 Å². The van der Waals surface area contributed by atoms with Gasteiger partial charge in [0.15, 0.2) is 0 Å². The minimum Gasteiger partial charge on any atom is -0.354 e. The fraction of sp³-hybridized carbons (Fsp3) is 0.533. The number of hydrogen-bond donors (Lipinski definition) is 2. The van der Waals surface area contributed by atoms with Crippen LogP contribution in [-0.4, -0.2) is 17.5 Å². The lowest BCUT2D eigenvalue weighted by atomic mass is 9.79. The van der Waals surface area contributed by atoms with E-state index in [0.29, 0.717) is 10.9 Å². The predicted octanol–water partition coefficient (Wildman–Crippen LogP) is 2.81. The third kappa shape index (κ3) is 2.50. The van der Waals surface area contributed by atoms with Crippen LogP contribution in [-0.2, 0) is 4.79 Å². The average Bonchev–Trinajstić information content (AvgIpc) is 2.35. The molecule has 0 aliphatic carbocycles. The summed E-state index contributed by atoms with van der Waals surface area (Å²) in [5, 5.41) is 0.680. The van der Waals surface area contributed by atoms with Crippen LogP contribution in [0.15, 0.2) is 18.2 Å². The molecule has 2 atom stereocenters. The van der Waals surface area contributed by atoms with Crippen LogP contribution in [0.1, 0.15) is 45.6 Å². The summed E-state index contributed by atoms with van der Waals surface area (Å²) in [6.07, 6.45) is 0.976. The van der Waals surface area contributed by atoms with Gasteiger partial charge in [0, 0.05) is 16.2 Å². The first-order chi connectivity index (χ1) is 9.27. The highest BCUT2D eigenvalue weighted by atomic mass is 35.5. The SMILES string of the molecule is CC1CC(C)(C)N(C(C)C(=O)NN)c2cc(Cl)ccc21. The number of anilines is 1. The van der Waals surface area contributed by atoms with Crippen LogP contribution >= 0.6 is 11.6 Å². The second-order valence-corrected chi connectivity index (χ2v) is 6.61. The van der Waals surface area contributed by atoms with Gasteiger partial charge in [0.1, 0.15) is 6.04 Å². The van der Waals surface area contributed by atoms with E-state index in [0.717, 1.165) is 12.1 Å². The maximum absolute atomic E-state index is 12.0. The Bertz CT molecular complexity index is 530. The molecule has 0 spiro atoms. The molecule has 5 heteroatoms. The van der Waals surface area contributed by atoms with Gasteiger partial charge < -0.3 is 4.90 Å². The summed E-state index contributed by atoms with van der Waals surface area (Å²) in [5.41, 5.74) is 4.36. The highest BCUT2D eigenvalue weighted by molar-refractivity contribution is 6.30. The van der Waals surface area contributed by atoms with Gasteiger partial charge in [-0.05, 0) is 50.8 Å². The largest absolute Gasteiger partial charge is 0.354 e. The van der Waals surface area contributed by atoms with E-state index in [2.05, 4.69) is 37.2 Å². The third-order valence-corrected chi connectivity index (χ3v) is 4.38. The Labute approximate surface area is 125 Å². The van der Waals surface area contributed by atoms with Crippen molar-refractivity contribution in [3.63, 3.8) is 0 Å². The van der Waals surface area contributed by atoms with Gasteiger partial charge >= 0.3 is 0 Å². The Kier molecular flexibility index (Phi) is 3.98. The number of carbonyl (C=O) groups is 1. The van der Waals surface area contributed by atoms with E-state index < -0.39 is 0 Å². The zero-order valence-corrected chi connectivity index (χ0v) is 13.2. The molecule has 0 saturated carbocycles. The van der Waals surface area contributed by atoms with E-state index in [1.165, 1.54) is 5.56 Å². The normalized spacial score (nSPS) is 22.1. The number of nitrogens with one attached hydrogen (secondary N) is 1. The predicted molar refractivity (Wildman–Crippen MR) is 82.8 cm³/mol. The van der Waals surface area contributed by atoms with Crippen molar-refractivity contribution in [2.24, 2.45) is 5.84 Å². The number of nitrogens with two attached hydrogens (primary N) is 1. The van der Waals surface area contributed by atoms with Gasteiger partial charge in [-0.3, -0.25) is 10.2 Å². The lowest BCUT2D eigenvalue weighted by Gasteiger charge is -2.49. The molecule has 0 bridgehead atoms. The van der Waals surface area contributed by atoms with Crippen molar-refractivity contribution in [2.45, 2.75) is 51.6 Å². The molecular formula is C15H22ClN3O. The molecule has 1 heterocycles. The molecule has 1 aliphatic rings. The van der Waals surface area contributed by atoms with E-state index in [-0.39, 0.29) is 17.5 Å². The van der Waals surface area contributed by atoms with Gasteiger partial charge in [-0.25, -0.2) is 5.84 Å². The number of fused-ring (bicyclic) bond motifs is 1. The quantitative estimate of drug-likeness (QED) is 0.501. The Balaban J connectivity index is 2.56. The number of hydrogen-bond acceptors (Lipinski definition) is 3. The molecule has 4 nitrogen and oxygen atoms in total. The summed E-state index contributed by atoms with van der Waals surface area (Å²) >= 11 is 6.15. The second kappa shape index (κ2) is 5.26. The number of carbonyl (C=O) groups excluding carboxylic acids is 1. The van der Waals surface area contributed by atoms with Crippen LogP contribution < -0.4 is 16.2 Å². The number of halogens is 1. The van der Waals surface area contributed by atoms with Crippen molar-refractivity contribution in [2.75, 3.05) is 4.90 Å². The minimum atomic E-state index is -0.347. The van der Waals surface area contributed by atoms with Crippen molar-refractivity contribution in [1.29, 1.82) is 0 Å². The summed E-state index contributed by atoms with van der Waals surface area (Å²) < 4.78 is 0. The molecule has 3 N–H and O–H groups in total. The lowest BCUT2D eigenvalue weighted by Crippen LogP contribution is -2.58. The number of benzene rings is 1. The van der Waals surface area contributed by atoms with E-state index in [1.807, 2.05) is 19.1 Å². The molecule has 2 unspecified atom stereocenters. The zero-order chi connectivity index (χ0) is 15.1. The van der Waals surface area contributed by atoms with Crippen LogP contribution in [0.4, 0.5) is 5.69 Å². The molecule has 1 amide bonds. The van der Waals surface area contributed by atoms with Crippen molar-refractivity contribution >= 4 is 23.2 Å². The summed E-state index contributed by atoms with van der Waals surface area (Å²) in [5.74, 6) is 5.53. The van der Waals surface area contributed by atoms with Gasteiger partial charge in [-0.2, -0.15) is 0 Å². The standard InChI is InChI=1S/C15H22ClN3O/c1-9-8-15(3,4)19(10(2)14(20)18-17)13-7-11(16)5-6-12(9)13/h5-7,9-10H,8,17H2,1-4H3,(H,18,20). The Hall–Kier alpha value is -1.26. The minimum absolute atomic E-state index is 0.136. The maximum atomic E-state index is 12.0. The van der Waals surface area contributed by atoms with Crippen LogP contribution in [0.25, 0.3) is 0 Å². The summed E-state index contributed by atoms with van der Waals surface area (Å²) in [6, 6.07) is 5.55. The Morgan fingerprint density at radius 2 is 2.20 bits per heavy atom. The lowest BCUT2D eigenvalue weighted by molar-refractivity contribution is -0.122. The highest BCUT2D eigenvalue weighted by Gasteiger charge is 2.40. The first-order valence-corrected chi connectivity index (χ1v) is 7.25. The van der Waals surface area contributed by atoms with Crippen molar-refractivity contribution in [3.8, 4) is 0 Å². The number of amides is 1. The molecule has 0 radical (unpaired) electrons. The van der Waals surface area contributed by atoms with E-state index in [1.54, 1.807) is 0 Å². The molecule has 1 aromatic rings. The molecule has 1 aliphatic heterocycles. The van der Waals surface area contributed by atoms with Crippen molar-refractivity contribution in [1.82, 2.24) is 5.43 Å². The molecule has 2 rings (SSSR count). The molecule has 0 saturated heterocycles. The van der Waals surface area contributed by atoms with E-state index in [9.17, 15) is 4.79 Å². The first-order valence-electron chi connectivity index (χ1n) is 6.87. The van der Waals surface area contributed by atoms with Crippen LogP contribution in [0.2, 0.25) is 5.02 Å². The fourth-order valence-electron chi connectivity index (χ4n) is 3.40. The topological polar surface area (TPSA) is 58.4 Å². The van der Waals surface area contributed by atoms with Gasteiger partial charge in [-0.1, -0.05) is 24.6 Å². The van der Waals surface area contributed by atoms with Gasteiger partial charge in [0.2, 0.25) is 0 Å². The molecule has 0 fully saturated rings. The average molecular weight is 296 g/mol. The highest BCUT2D eigenvalue weighted by Crippen LogP contribution is 2.45. The number of hydrazine groups is 1. The fourth-order valence-corrected chi connectivity index (χ4v) is 3.56. The van der Waals surface area contributed by atoms with E-state index in [4.69, 9.17) is 17.4 Å². The van der Waals surface area contributed by atoms with Gasteiger partial charge in [0.25, 0.3) is 5.91 Å². The first kappa shape index (κ1) is 15.1. The summed E-state index contributed by atoms with van der Waals surface area (Å²) in [6.45, 7) is 8.37. The molecule has 1 aromatic carbocycles. The summed E-state index contributed by atoms with van der Waals surface area (Å²) in [7, 11) is 0. The molecular weight excluding hydrogens is 274 g/mol. The molecule has 0 aromatic heterocycles. The van der Waals surface area contributed by atoms with Crippen molar-refractivity contribution < 1.29 is 4.79 Å². The number of nitrogens with zero attached hydrogens (tertiary/aromatic N) is 1. The van der Waals surface area contributed by atoms with Crippen LogP contribution in [0.5, 0.6) is 0 Å². The van der Waals surface area contributed by atoms with E-state index >= 15 is 0 Å².